The van der Waals surface area contributed by atoms with E-state index in [4.69, 9.17) is 4.84 Å². The molecular weight excluding hydrogens is 202 g/mol. The van der Waals surface area contributed by atoms with Gasteiger partial charge in [-0.3, -0.25) is 0 Å². The van der Waals surface area contributed by atoms with E-state index in [-0.39, 0.29) is 11.9 Å². The van der Waals surface area contributed by atoms with Crippen LogP contribution >= 0.6 is 0 Å². The normalized spacial score (nSPS) is 16.1. The number of anilines is 1. The molecule has 0 amide bonds. The number of carbonyl (C=O) groups excluding carboxylic acids is 1. The van der Waals surface area contributed by atoms with Gasteiger partial charge in [0.1, 0.15) is 0 Å². The van der Waals surface area contributed by atoms with Crippen LogP contribution in [-0.4, -0.2) is 5.97 Å². The number of carbonyl (C=O) groups is 1. The Hall–Kier alpha value is -1.51. The van der Waals surface area contributed by atoms with Crippen LogP contribution in [0.25, 0.3) is 0 Å². The summed E-state index contributed by atoms with van der Waals surface area (Å²) in [4.78, 5) is 16.7. The molecule has 2 rings (SSSR count). The molecule has 0 heterocycles. The van der Waals surface area contributed by atoms with Crippen molar-refractivity contribution in [3.8, 4) is 0 Å². The molecule has 0 saturated heterocycles. The molecule has 0 atom stereocenters. The predicted octanol–water partition coefficient (Wildman–Crippen LogP) is 3.06. The van der Waals surface area contributed by atoms with Crippen molar-refractivity contribution < 1.29 is 9.63 Å². The number of rotatable bonds is 3. The Labute approximate surface area is 95.8 Å². The largest absolute Gasteiger partial charge is 0.343 e. The Morgan fingerprint density at radius 3 is 2.69 bits per heavy atom. The van der Waals surface area contributed by atoms with E-state index < -0.39 is 0 Å². The summed E-state index contributed by atoms with van der Waals surface area (Å²) in [6.07, 6.45) is 4.22. The average molecular weight is 219 g/mol. The maximum Gasteiger partial charge on any atom is 0.335 e. The smallest absolute Gasteiger partial charge is 0.335 e. The molecule has 1 aliphatic carbocycles. The third-order valence-corrected chi connectivity index (χ3v) is 3.10. The van der Waals surface area contributed by atoms with E-state index >= 15 is 0 Å². The van der Waals surface area contributed by atoms with Crippen LogP contribution in [-0.2, 0) is 9.63 Å². The van der Waals surface area contributed by atoms with Crippen molar-refractivity contribution in [2.24, 2.45) is 5.92 Å². The van der Waals surface area contributed by atoms with Crippen LogP contribution in [0.15, 0.2) is 24.3 Å². The lowest BCUT2D eigenvalue weighted by Gasteiger charge is -2.11. The zero-order valence-electron chi connectivity index (χ0n) is 9.53. The van der Waals surface area contributed by atoms with Gasteiger partial charge >= 0.3 is 5.97 Å². The van der Waals surface area contributed by atoms with Gasteiger partial charge in [0, 0.05) is 0 Å². The first-order chi connectivity index (χ1) is 7.77. The lowest BCUT2D eigenvalue weighted by atomic mass is 10.1. The van der Waals surface area contributed by atoms with Gasteiger partial charge in [-0.15, -0.1) is 0 Å². The molecule has 1 N–H and O–H groups in total. The van der Waals surface area contributed by atoms with Crippen molar-refractivity contribution in [1.82, 2.24) is 0 Å². The molecule has 16 heavy (non-hydrogen) atoms. The molecule has 1 aromatic carbocycles. The number of nitrogens with one attached hydrogen (secondary N) is 1. The first kappa shape index (κ1) is 11.0. The van der Waals surface area contributed by atoms with E-state index in [2.05, 4.69) is 5.48 Å². The highest BCUT2D eigenvalue weighted by Gasteiger charge is 2.24. The van der Waals surface area contributed by atoms with Crippen LogP contribution in [0.5, 0.6) is 0 Å². The summed E-state index contributed by atoms with van der Waals surface area (Å²) in [5.41, 5.74) is 4.67. The van der Waals surface area contributed by atoms with Gasteiger partial charge in [0.15, 0.2) is 0 Å². The zero-order valence-corrected chi connectivity index (χ0v) is 9.53. The number of hydrogen-bond donors (Lipinski definition) is 1. The standard InChI is InChI=1S/C13H17NO2/c1-10-6-2-5-9-12(10)14-16-13(15)11-7-3-4-8-11/h2,5-6,9,11,14H,3-4,7-8H2,1H3. The number of para-hydroxylation sites is 1. The second-order valence-electron chi connectivity index (χ2n) is 4.32. The molecule has 0 bridgehead atoms. The highest BCUT2D eigenvalue weighted by molar-refractivity contribution is 5.73. The summed E-state index contributed by atoms with van der Waals surface area (Å²) in [7, 11) is 0. The summed E-state index contributed by atoms with van der Waals surface area (Å²) in [6, 6.07) is 7.75. The number of hydrogen-bond acceptors (Lipinski definition) is 3. The lowest BCUT2D eigenvalue weighted by molar-refractivity contribution is -0.145. The maximum absolute atomic E-state index is 11.6. The first-order valence-corrected chi connectivity index (χ1v) is 5.79. The van der Waals surface area contributed by atoms with E-state index in [9.17, 15) is 4.79 Å². The van der Waals surface area contributed by atoms with Gasteiger partial charge in [0.05, 0.1) is 11.6 Å². The third-order valence-electron chi connectivity index (χ3n) is 3.10. The van der Waals surface area contributed by atoms with Gasteiger partial charge in [-0.1, -0.05) is 31.0 Å². The van der Waals surface area contributed by atoms with Crippen molar-refractivity contribution in [1.29, 1.82) is 0 Å². The first-order valence-electron chi connectivity index (χ1n) is 5.79. The fourth-order valence-corrected chi connectivity index (χ4v) is 2.04. The van der Waals surface area contributed by atoms with Crippen molar-refractivity contribution >= 4 is 11.7 Å². The van der Waals surface area contributed by atoms with Crippen LogP contribution in [0.3, 0.4) is 0 Å². The Bertz CT molecular complexity index is 370. The molecule has 0 unspecified atom stereocenters. The number of benzene rings is 1. The van der Waals surface area contributed by atoms with E-state index in [1.165, 1.54) is 0 Å². The minimum absolute atomic E-state index is 0.0940. The summed E-state index contributed by atoms with van der Waals surface area (Å²) in [6.45, 7) is 1.98. The van der Waals surface area contributed by atoms with Gasteiger partial charge in [-0.25, -0.2) is 10.3 Å². The minimum atomic E-state index is -0.124. The molecule has 1 fully saturated rings. The van der Waals surface area contributed by atoms with Crippen molar-refractivity contribution in [3.05, 3.63) is 29.8 Å². The zero-order chi connectivity index (χ0) is 11.4. The predicted molar refractivity (Wildman–Crippen MR) is 62.9 cm³/mol. The molecule has 3 heteroatoms. The molecule has 0 aromatic heterocycles. The Morgan fingerprint density at radius 2 is 2.00 bits per heavy atom. The monoisotopic (exact) mass is 219 g/mol. The Kier molecular flexibility index (Phi) is 3.44. The van der Waals surface area contributed by atoms with Crippen molar-refractivity contribution in [2.75, 3.05) is 5.48 Å². The number of aryl methyl sites for hydroxylation is 1. The Balaban J connectivity index is 1.87. The van der Waals surface area contributed by atoms with Crippen LogP contribution in [0.4, 0.5) is 5.69 Å². The SMILES string of the molecule is Cc1ccccc1NOC(=O)C1CCCC1. The molecule has 1 saturated carbocycles. The van der Waals surface area contributed by atoms with Gasteiger partial charge in [-0.2, -0.15) is 0 Å². The maximum atomic E-state index is 11.6. The quantitative estimate of drug-likeness (QED) is 0.794. The van der Waals surface area contributed by atoms with Gasteiger partial charge in [-0.05, 0) is 31.4 Å². The summed E-state index contributed by atoms with van der Waals surface area (Å²) in [5.74, 6) is -0.0303. The van der Waals surface area contributed by atoms with Gasteiger partial charge in [0.2, 0.25) is 0 Å². The fourth-order valence-electron chi connectivity index (χ4n) is 2.04. The second kappa shape index (κ2) is 5.01. The van der Waals surface area contributed by atoms with Crippen molar-refractivity contribution in [2.45, 2.75) is 32.6 Å². The molecule has 0 aliphatic heterocycles. The van der Waals surface area contributed by atoms with E-state index in [1.807, 2.05) is 31.2 Å². The molecule has 0 radical (unpaired) electrons. The van der Waals surface area contributed by atoms with Gasteiger partial charge < -0.3 is 4.84 Å². The Morgan fingerprint density at radius 1 is 1.31 bits per heavy atom. The molecule has 1 aliphatic rings. The minimum Gasteiger partial charge on any atom is -0.343 e. The van der Waals surface area contributed by atoms with Crippen LogP contribution in [0, 0.1) is 12.8 Å². The highest BCUT2D eigenvalue weighted by atomic mass is 16.7. The summed E-state index contributed by atoms with van der Waals surface area (Å²) in [5, 5.41) is 0. The topological polar surface area (TPSA) is 38.3 Å². The second-order valence-corrected chi connectivity index (χ2v) is 4.32. The van der Waals surface area contributed by atoms with Crippen LogP contribution in [0.2, 0.25) is 0 Å². The average Bonchev–Trinajstić information content (AvgIpc) is 2.81. The molecule has 86 valence electrons. The lowest BCUT2D eigenvalue weighted by Crippen LogP contribution is -2.18. The highest BCUT2D eigenvalue weighted by Crippen LogP contribution is 2.26. The summed E-state index contributed by atoms with van der Waals surface area (Å²) < 4.78 is 0. The molecule has 0 spiro atoms. The van der Waals surface area contributed by atoms with E-state index in [0.717, 1.165) is 36.9 Å². The van der Waals surface area contributed by atoms with E-state index in [1.54, 1.807) is 0 Å². The summed E-state index contributed by atoms with van der Waals surface area (Å²) >= 11 is 0. The van der Waals surface area contributed by atoms with E-state index in [0.29, 0.717) is 0 Å². The molecular formula is C13H17NO2. The van der Waals surface area contributed by atoms with Crippen LogP contribution < -0.4 is 5.48 Å². The third kappa shape index (κ3) is 2.54. The van der Waals surface area contributed by atoms with Crippen LogP contribution in [0.1, 0.15) is 31.2 Å². The molecule has 1 aromatic rings. The molecule has 3 nitrogen and oxygen atoms in total. The van der Waals surface area contributed by atoms with Gasteiger partial charge in [0.25, 0.3) is 0 Å². The fraction of sp³-hybridized carbons (Fsp3) is 0.462. The van der Waals surface area contributed by atoms with Crippen molar-refractivity contribution in [3.63, 3.8) is 0 Å².